The van der Waals surface area contributed by atoms with Gasteiger partial charge in [0.15, 0.2) is 0 Å². The Morgan fingerprint density at radius 2 is 1.53 bits per heavy atom. The van der Waals surface area contributed by atoms with Crippen molar-refractivity contribution in [1.29, 1.82) is 0 Å². The van der Waals surface area contributed by atoms with Gasteiger partial charge in [0.05, 0.1) is 12.8 Å². The van der Waals surface area contributed by atoms with Crippen LogP contribution in [0.25, 0.3) is 0 Å². The van der Waals surface area contributed by atoms with E-state index in [0.717, 1.165) is 9.80 Å². The minimum absolute atomic E-state index is 0.170. The molecule has 1 aliphatic rings. The molecule has 1 heterocycles. The van der Waals surface area contributed by atoms with Crippen LogP contribution >= 0.6 is 11.8 Å². The van der Waals surface area contributed by atoms with Crippen molar-refractivity contribution in [2.75, 3.05) is 17.3 Å². The minimum Gasteiger partial charge on any atom is -0.497 e. The first kappa shape index (κ1) is 19.7. The summed E-state index contributed by atoms with van der Waals surface area (Å²) in [5.74, 6) is -0.728. The lowest BCUT2D eigenvalue weighted by atomic mass is 10.2. The number of carbonyl (C=O) groups excluding carboxylic acids is 2. The van der Waals surface area contributed by atoms with Crippen molar-refractivity contribution in [3.8, 4) is 5.75 Å². The number of hydrogen-bond acceptors (Lipinski definition) is 5. The van der Waals surface area contributed by atoms with E-state index in [1.165, 1.54) is 36.0 Å². The Labute approximate surface area is 177 Å². The third-order valence-corrected chi connectivity index (χ3v) is 5.54. The molecule has 0 radical (unpaired) electrons. The van der Waals surface area contributed by atoms with Crippen LogP contribution in [0.3, 0.4) is 0 Å². The van der Waals surface area contributed by atoms with Crippen LogP contribution in [0, 0.1) is 5.82 Å². The van der Waals surface area contributed by atoms with E-state index in [-0.39, 0.29) is 10.6 Å². The van der Waals surface area contributed by atoms with Crippen molar-refractivity contribution in [3.05, 3.63) is 95.3 Å². The number of methoxy groups -OCH3 is 1. The molecule has 150 valence electrons. The van der Waals surface area contributed by atoms with Crippen LogP contribution < -0.4 is 15.0 Å². The highest BCUT2D eigenvalue weighted by Gasteiger charge is 2.40. The Hall–Kier alpha value is -3.58. The van der Waals surface area contributed by atoms with Crippen molar-refractivity contribution in [1.82, 2.24) is 0 Å². The Bertz CT molecular complexity index is 1110. The summed E-state index contributed by atoms with van der Waals surface area (Å²) in [5, 5.41) is 3.07. The molecule has 0 aromatic heterocycles. The van der Waals surface area contributed by atoms with E-state index in [1.54, 1.807) is 31.4 Å². The molecule has 4 rings (SSSR count). The number of nitrogens with zero attached hydrogens (tertiary/aromatic N) is 1. The number of thioether (sulfide) groups is 1. The number of carbonyl (C=O) groups is 2. The van der Waals surface area contributed by atoms with Crippen LogP contribution in [-0.2, 0) is 9.59 Å². The molecule has 0 saturated heterocycles. The van der Waals surface area contributed by atoms with Crippen molar-refractivity contribution in [2.45, 2.75) is 4.90 Å². The molecule has 1 aliphatic heterocycles. The average molecular weight is 420 g/mol. The summed E-state index contributed by atoms with van der Waals surface area (Å²) >= 11 is 1.21. The first-order valence-electron chi connectivity index (χ1n) is 9.09. The van der Waals surface area contributed by atoms with Gasteiger partial charge in [-0.1, -0.05) is 30.0 Å². The maximum Gasteiger partial charge on any atom is 0.283 e. The highest BCUT2D eigenvalue weighted by atomic mass is 32.2. The first-order chi connectivity index (χ1) is 14.6. The zero-order valence-electron chi connectivity index (χ0n) is 16.0. The summed E-state index contributed by atoms with van der Waals surface area (Å²) in [4.78, 5) is 28.5. The summed E-state index contributed by atoms with van der Waals surface area (Å²) in [7, 11) is 1.57. The molecule has 1 N–H and O–H groups in total. The van der Waals surface area contributed by atoms with Gasteiger partial charge in [0.1, 0.15) is 22.2 Å². The largest absolute Gasteiger partial charge is 0.497 e. The molecule has 0 aliphatic carbocycles. The number of rotatable bonds is 6. The quantitative estimate of drug-likeness (QED) is 0.579. The Morgan fingerprint density at radius 1 is 0.867 bits per heavy atom. The van der Waals surface area contributed by atoms with Gasteiger partial charge >= 0.3 is 0 Å². The molecule has 0 spiro atoms. The molecule has 0 saturated carbocycles. The van der Waals surface area contributed by atoms with Gasteiger partial charge < -0.3 is 10.1 Å². The topological polar surface area (TPSA) is 58.6 Å². The Kier molecular flexibility index (Phi) is 5.54. The summed E-state index contributed by atoms with van der Waals surface area (Å²) in [6.07, 6.45) is 0. The third kappa shape index (κ3) is 3.92. The van der Waals surface area contributed by atoms with Gasteiger partial charge in [-0.15, -0.1) is 0 Å². The van der Waals surface area contributed by atoms with E-state index >= 15 is 0 Å². The smallest absolute Gasteiger partial charge is 0.283 e. The van der Waals surface area contributed by atoms with E-state index in [4.69, 9.17) is 4.74 Å². The number of amides is 2. The molecule has 0 unspecified atom stereocenters. The molecule has 3 aromatic rings. The number of anilines is 2. The van der Waals surface area contributed by atoms with Crippen LogP contribution in [0.2, 0.25) is 0 Å². The molecule has 3 aromatic carbocycles. The zero-order valence-corrected chi connectivity index (χ0v) is 16.8. The highest BCUT2D eigenvalue weighted by molar-refractivity contribution is 8.04. The van der Waals surface area contributed by atoms with Crippen LogP contribution in [-0.4, -0.2) is 18.9 Å². The number of nitrogens with one attached hydrogen (secondary N) is 1. The second-order valence-corrected chi connectivity index (χ2v) is 7.48. The normalized spacial score (nSPS) is 13.7. The maximum atomic E-state index is 13.3. The molecular weight excluding hydrogens is 403 g/mol. The predicted molar refractivity (Wildman–Crippen MR) is 115 cm³/mol. The number of imide groups is 1. The van der Waals surface area contributed by atoms with E-state index in [9.17, 15) is 14.0 Å². The first-order valence-corrected chi connectivity index (χ1v) is 9.91. The summed E-state index contributed by atoms with van der Waals surface area (Å²) < 4.78 is 18.5. The zero-order chi connectivity index (χ0) is 21.1. The van der Waals surface area contributed by atoms with Crippen LogP contribution in [0.15, 0.2) is 94.4 Å². The number of benzene rings is 3. The van der Waals surface area contributed by atoms with Gasteiger partial charge in [-0.05, 0) is 60.7 Å². The molecule has 0 atom stereocenters. The fourth-order valence-corrected chi connectivity index (χ4v) is 3.91. The summed E-state index contributed by atoms with van der Waals surface area (Å²) in [6.45, 7) is 0. The molecule has 2 amide bonds. The summed E-state index contributed by atoms with van der Waals surface area (Å²) in [6, 6.07) is 21.6. The standard InChI is InChI=1S/C23H17FN2O3S/c1-29-18-13-9-16(10-14-18)25-20-21(30-19-5-3-2-4-6-19)23(28)26(22(20)27)17-11-7-15(24)8-12-17/h2-14,25H,1H3. The molecule has 0 bridgehead atoms. The van der Waals surface area contributed by atoms with E-state index in [1.807, 2.05) is 30.3 Å². The van der Waals surface area contributed by atoms with E-state index in [2.05, 4.69) is 5.32 Å². The monoisotopic (exact) mass is 420 g/mol. The van der Waals surface area contributed by atoms with E-state index in [0.29, 0.717) is 17.1 Å². The third-order valence-electron chi connectivity index (χ3n) is 4.45. The lowest BCUT2D eigenvalue weighted by molar-refractivity contribution is -0.120. The van der Waals surface area contributed by atoms with Gasteiger partial charge in [-0.2, -0.15) is 0 Å². The fraction of sp³-hybridized carbons (Fsp3) is 0.0435. The van der Waals surface area contributed by atoms with Crippen molar-refractivity contribution in [2.24, 2.45) is 0 Å². The number of halogens is 1. The highest BCUT2D eigenvalue weighted by Crippen LogP contribution is 2.37. The van der Waals surface area contributed by atoms with Gasteiger partial charge in [0.25, 0.3) is 11.8 Å². The van der Waals surface area contributed by atoms with Crippen LogP contribution in [0.5, 0.6) is 5.75 Å². The molecule has 7 heteroatoms. The number of ether oxygens (including phenoxy) is 1. The minimum atomic E-state index is -0.499. The molecule has 0 fully saturated rings. The van der Waals surface area contributed by atoms with Crippen LogP contribution in [0.4, 0.5) is 15.8 Å². The van der Waals surface area contributed by atoms with Crippen LogP contribution in [0.1, 0.15) is 0 Å². The molecule has 30 heavy (non-hydrogen) atoms. The summed E-state index contributed by atoms with van der Waals surface area (Å²) in [5.41, 5.74) is 1.12. The predicted octanol–water partition coefficient (Wildman–Crippen LogP) is 4.82. The van der Waals surface area contributed by atoms with Crippen molar-refractivity contribution in [3.63, 3.8) is 0 Å². The lowest BCUT2D eigenvalue weighted by Crippen LogP contribution is -2.32. The van der Waals surface area contributed by atoms with Gasteiger partial charge in [0, 0.05) is 10.6 Å². The lowest BCUT2D eigenvalue weighted by Gasteiger charge is -2.15. The van der Waals surface area contributed by atoms with Crippen molar-refractivity contribution < 1.29 is 18.7 Å². The van der Waals surface area contributed by atoms with Crippen molar-refractivity contribution >= 4 is 35.0 Å². The fourth-order valence-electron chi connectivity index (χ4n) is 2.96. The van der Waals surface area contributed by atoms with Gasteiger partial charge in [-0.25, -0.2) is 9.29 Å². The average Bonchev–Trinajstić information content (AvgIpc) is 3.00. The van der Waals surface area contributed by atoms with E-state index < -0.39 is 17.6 Å². The van der Waals surface area contributed by atoms with Gasteiger partial charge in [0.2, 0.25) is 0 Å². The number of hydrogen-bond donors (Lipinski definition) is 1. The second kappa shape index (κ2) is 8.42. The molecule has 5 nitrogen and oxygen atoms in total. The van der Waals surface area contributed by atoms with Gasteiger partial charge in [-0.3, -0.25) is 9.59 Å². The SMILES string of the molecule is COc1ccc(NC2=C(Sc3ccccc3)C(=O)N(c3ccc(F)cc3)C2=O)cc1. The Morgan fingerprint density at radius 3 is 2.17 bits per heavy atom. The maximum absolute atomic E-state index is 13.3. The Balaban J connectivity index is 1.71. The molecular formula is C23H17FN2O3S. The second-order valence-electron chi connectivity index (χ2n) is 6.39.